The van der Waals surface area contributed by atoms with Crippen molar-refractivity contribution in [1.29, 1.82) is 0 Å². The van der Waals surface area contributed by atoms with Crippen LogP contribution in [0.3, 0.4) is 0 Å². The lowest BCUT2D eigenvalue weighted by Gasteiger charge is -2.24. The van der Waals surface area contributed by atoms with Gasteiger partial charge >= 0.3 is 12.1 Å². The van der Waals surface area contributed by atoms with Crippen LogP contribution < -0.4 is 10.6 Å². The first-order valence-electron chi connectivity index (χ1n) is 9.32. The van der Waals surface area contributed by atoms with Crippen LogP contribution in [0.5, 0.6) is 5.75 Å². The Hall–Kier alpha value is -3.56. The summed E-state index contributed by atoms with van der Waals surface area (Å²) in [5, 5.41) is 23.8. The maximum Gasteiger partial charge on any atom is 0.408 e. The number of hydrogen-bond acceptors (Lipinski definition) is 6. The van der Waals surface area contributed by atoms with Gasteiger partial charge in [-0.05, 0) is 38.5 Å². The Bertz CT molecular complexity index is 858. The monoisotopic (exact) mass is 418 g/mol. The average molecular weight is 418 g/mol. The molecule has 1 heterocycles. The summed E-state index contributed by atoms with van der Waals surface area (Å²) < 4.78 is 5.21. The smallest absolute Gasteiger partial charge is 0.408 e. The predicted octanol–water partition coefficient (Wildman–Crippen LogP) is 1.36. The van der Waals surface area contributed by atoms with Gasteiger partial charge in [-0.15, -0.1) is 0 Å². The molecule has 162 valence electrons. The number of phenolic OH excluding ortho intramolecular Hbond substituents is 1. The first-order valence-corrected chi connectivity index (χ1v) is 9.32. The Balaban J connectivity index is 2.15. The predicted molar refractivity (Wildman–Crippen MR) is 107 cm³/mol. The van der Waals surface area contributed by atoms with Gasteiger partial charge in [-0.3, -0.25) is 4.79 Å². The maximum absolute atomic E-state index is 12.8. The molecular formula is C20H26N4O6. The number of aromatic hydroxyl groups is 1. The van der Waals surface area contributed by atoms with Crippen molar-refractivity contribution in [3.05, 3.63) is 48.0 Å². The molecule has 0 saturated carbocycles. The number of amides is 2. The van der Waals surface area contributed by atoms with Crippen LogP contribution in [0.25, 0.3) is 0 Å². The molecule has 0 aliphatic rings. The number of aliphatic carboxylic acids is 1. The molecule has 2 rings (SSSR count). The number of phenols is 1. The molecule has 10 heteroatoms. The standard InChI is InChI=1S/C20H26N4O6/c1-20(2,3)30-19(29)24-15(8-12-4-6-14(25)7-5-12)17(26)23-16(18(27)28)9-13-10-21-11-22-13/h4-7,10-11,15-16,25H,8-9H2,1-3H3,(H,21,22)(H,23,26)(H,24,29)(H,27,28)/t15-,16-/m0/s1. The molecule has 0 bridgehead atoms. The highest BCUT2D eigenvalue weighted by molar-refractivity contribution is 5.89. The summed E-state index contributed by atoms with van der Waals surface area (Å²) >= 11 is 0. The quantitative estimate of drug-likeness (QED) is 0.434. The van der Waals surface area contributed by atoms with Crippen LogP contribution in [-0.2, 0) is 27.2 Å². The third-order valence-corrected chi connectivity index (χ3v) is 3.97. The van der Waals surface area contributed by atoms with Crippen molar-refractivity contribution >= 4 is 18.0 Å². The lowest BCUT2D eigenvalue weighted by Crippen LogP contribution is -2.53. The molecule has 0 radical (unpaired) electrons. The fraction of sp³-hybridized carbons (Fsp3) is 0.400. The Labute approximate surface area is 173 Å². The van der Waals surface area contributed by atoms with Crippen molar-refractivity contribution in [1.82, 2.24) is 20.6 Å². The minimum atomic E-state index is -1.23. The summed E-state index contributed by atoms with van der Waals surface area (Å²) in [7, 11) is 0. The van der Waals surface area contributed by atoms with Gasteiger partial charge < -0.3 is 30.6 Å². The molecule has 0 saturated heterocycles. The zero-order valence-electron chi connectivity index (χ0n) is 17.0. The third kappa shape index (κ3) is 7.46. The lowest BCUT2D eigenvalue weighted by molar-refractivity contribution is -0.142. The molecule has 2 atom stereocenters. The van der Waals surface area contributed by atoms with E-state index < -0.39 is 35.7 Å². The normalized spacial score (nSPS) is 13.2. The molecule has 0 fully saturated rings. The first-order chi connectivity index (χ1) is 14.0. The number of rotatable bonds is 8. The van der Waals surface area contributed by atoms with Crippen LogP contribution in [0, 0.1) is 0 Å². The van der Waals surface area contributed by atoms with E-state index in [1.807, 2.05) is 0 Å². The van der Waals surface area contributed by atoms with Gasteiger partial charge in [0.25, 0.3) is 0 Å². The van der Waals surface area contributed by atoms with Gasteiger partial charge in [0.15, 0.2) is 0 Å². The fourth-order valence-corrected chi connectivity index (χ4v) is 2.61. The molecule has 0 aliphatic carbocycles. The Morgan fingerprint density at radius 3 is 2.30 bits per heavy atom. The number of benzene rings is 1. The summed E-state index contributed by atoms with van der Waals surface area (Å²) in [4.78, 5) is 43.3. The van der Waals surface area contributed by atoms with E-state index in [-0.39, 0.29) is 18.6 Å². The number of hydrogen-bond donors (Lipinski definition) is 5. The highest BCUT2D eigenvalue weighted by Crippen LogP contribution is 2.13. The molecule has 0 unspecified atom stereocenters. The second-order valence-electron chi connectivity index (χ2n) is 7.73. The molecule has 5 N–H and O–H groups in total. The van der Waals surface area contributed by atoms with Crippen molar-refractivity contribution < 1.29 is 29.3 Å². The first kappa shape index (κ1) is 22.7. The minimum Gasteiger partial charge on any atom is -0.508 e. The van der Waals surface area contributed by atoms with Crippen molar-refractivity contribution in [3.63, 3.8) is 0 Å². The Morgan fingerprint density at radius 2 is 1.77 bits per heavy atom. The van der Waals surface area contributed by atoms with Gasteiger partial charge in [0.1, 0.15) is 23.4 Å². The van der Waals surface area contributed by atoms with Crippen molar-refractivity contribution in [2.75, 3.05) is 0 Å². The topological polar surface area (TPSA) is 154 Å². The number of nitrogens with one attached hydrogen (secondary N) is 3. The number of carboxylic acid groups (broad SMARTS) is 1. The second-order valence-corrected chi connectivity index (χ2v) is 7.73. The van der Waals surface area contributed by atoms with E-state index >= 15 is 0 Å². The zero-order valence-corrected chi connectivity index (χ0v) is 17.0. The summed E-state index contributed by atoms with van der Waals surface area (Å²) in [6, 6.07) is 3.79. The molecule has 1 aromatic heterocycles. The van der Waals surface area contributed by atoms with Gasteiger partial charge in [-0.2, -0.15) is 0 Å². The number of imidazole rings is 1. The van der Waals surface area contributed by atoms with Crippen LogP contribution in [0.4, 0.5) is 4.79 Å². The maximum atomic E-state index is 12.8. The summed E-state index contributed by atoms with van der Waals surface area (Å²) in [5.41, 5.74) is 0.355. The largest absolute Gasteiger partial charge is 0.508 e. The number of aromatic nitrogens is 2. The van der Waals surface area contributed by atoms with E-state index in [0.29, 0.717) is 11.3 Å². The van der Waals surface area contributed by atoms with E-state index in [1.54, 1.807) is 32.9 Å². The summed E-state index contributed by atoms with van der Waals surface area (Å²) in [5.74, 6) is -1.85. The Kier molecular flexibility index (Phi) is 7.40. The SMILES string of the molecule is CC(C)(C)OC(=O)N[C@@H](Cc1ccc(O)cc1)C(=O)N[C@@H](Cc1c[nH]cn1)C(=O)O. The molecule has 0 spiro atoms. The number of carbonyl (C=O) groups is 3. The number of carboxylic acids is 1. The van der Waals surface area contributed by atoms with E-state index in [9.17, 15) is 24.6 Å². The van der Waals surface area contributed by atoms with Crippen molar-refractivity contribution in [3.8, 4) is 5.75 Å². The van der Waals surface area contributed by atoms with Gasteiger partial charge in [0.2, 0.25) is 5.91 Å². The zero-order chi connectivity index (χ0) is 22.3. The van der Waals surface area contributed by atoms with Crippen LogP contribution in [0.15, 0.2) is 36.8 Å². The van der Waals surface area contributed by atoms with Gasteiger partial charge in [0, 0.05) is 19.0 Å². The molecule has 0 aliphatic heterocycles. The van der Waals surface area contributed by atoms with Crippen LogP contribution in [0.2, 0.25) is 0 Å². The summed E-state index contributed by atoms with van der Waals surface area (Å²) in [6.45, 7) is 5.06. The van der Waals surface area contributed by atoms with Crippen molar-refractivity contribution in [2.45, 2.75) is 51.3 Å². The number of nitrogens with zero attached hydrogens (tertiary/aromatic N) is 1. The fourth-order valence-electron chi connectivity index (χ4n) is 2.61. The number of aromatic amines is 1. The highest BCUT2D eigenvalue weighted by Gasteiger charge is 2.29. The van der Waals surface area contributed by atoms with E-state index in [0.717, 1.165) is 0 Å². The third-order valence-electron chi connectivity index (χ3n) is 3.97. The van der Waals surface area contributed by atoms with Gasteiger partial charge in [-0.25, -0.2) is 14.6 Å². The van der Waals surface area contributed by atoms with Gasteiger partial charge in [0.05, 0.1) is 12.0 Å². The van der Waals surface area contributed by atoms with E-state index in [4.69, 9.17) is 4.74 Å². The van der Waals surface area contributed by atoms with E-state index in [2.05, 4.69) is 20.6 Å². The molecule has 1 aromatic carbocycles. The summed E-state index contributed by atoms with van der Waals surface area (Å²) in [6.07, 6.45) is 2.19. The molecular weight excluding hydrogens is 392 g/mol. The molecule has 30 heavy (non-hydrogen) atoms. The number of carbonyl (C=O) groups excluding carboxylic acids is 2. The number of H-pyrrole nitrogens is 1. The van der Waals surface area contributed by atoms with Crippen molar-refractivity contribution in [2.24, 2.45) is 0 Å². The highest BCUT2D eigenvalue weighted by atomic mass is 16.6. The lowest BCUT2D eigenvalue weighted by atomic mass is 10.0. The molecule has 2 amide bonds. The Morgan fingerprint density at radius 1 is 1.10 bits per heavy atom. The second kappa shape index (κ2) is 9.77. The van der Waals surface area contributed by atoms with Crippen LogP contribution in [-0.4, -0.2) is 55.8 Å². The average Bonchev–Trinajstić information content (AvgIpc) is 3.13. The van der Waals surface area contributed by atoms with Crippen LogP contribution >= 0.6 is 0 Å². The van der Waals surface area contributed by atoms with E-state index in [1.165, 1.54) is 24.7 Å². The molecule has 10 nitrogen and oxygen atoms in total. The molecule has 2 aromatic rings. The number of alkyl carbamates (subject to hydrolysis) is 1. The van der Waals surface area contributed by atoms with Crippen LogP contribution in [0.1, 0.15) is 32.0 Å². The van der Waals surface area contributed by atoms with Gasteiger partial charge in [-0.1, -0.05) is 12.1 Å². The number of ether oxygens (including phenoxy) is 1. The minimum absolute atomic E-state index is 0.0249.